The van der Waals surface area contributed by atoms with Gasteiger partial charge in [-0.15, -0.1) is 11.3 Å². The third-order valence-electron chi connectivity index (χ3n) is 11.3. The number of thiophene rings is 1. The van der Waals surface area contributed by atoms with Gasteiger partial charge in [0.2, 0.25) is 0 Å². The summed E-state index contributed by atoms with van der Waals surface area (Å²) in [5.41, 5.74) is 6.73. The van der Waals surface area contributed by atoms with Crippen LogP contribution in [0.3, 0.4) is 0 Å². The maximum Gasteiger partial charge on any atom is 0.309 e. The molecule has 0 atom stereocenters. The van der Waals surface area contributed by atoms with E-state index in [4.69, 9.17) is 4.42 Å². The fourth-order valence-corrected chi connectivity index (χ4v) is 9.37. The maximum atomic E-state index is 9.75. The van der Waals surface area contributed by atoms with E-state index in [-0.39, 0.29) is 70.5 Å². The normalized spacial score (nSPS) is 16.4. The van der Waals surface area contributed by atoms with Crippen LogP contribution in [0.2, 0.25) is 0 Å². The van der Waals surface area contributed by atoms with Crippen LogP contribution in [0.5, 0.6) is 0 Å². The molecular weight excluding hydrogens is 699 g/mol. The predicted octanol–water partition coefficient (Wildman–Crippen LogP) is 13.2. The molecule has 284 valence electrons. The maximum absolute atomic E-state index is 9.75. The summed E-state index contributed by atoms with van der Waals surface area (Å²) in [6.45, 7) is 25.8. The van der Waals surface area contributed by atoms with Crippen LogP contribution in [0.15, 0.2) is 101 Å². The van der Waals surface area contributed by atoms with Crippen LogP contribution in [0.4, 0.5) is 34.1 Å². The van der Waals surface area contributed by atoms with Crippen molar-refractivity contribution >= 4 is 89.1 Å². The summed E-state index contributed by atoms with van der Waals surface area (Å²) in [5.74, 6) is 0. The largest absolute Gasteiger partial charge is 0.468 e. The Morgan fingerprint density at radius 1 is 0.554 bits per heavy atom. The third kappa shape index (κ3) is 5.75. The predicted molar refractivity (Wildman–Crippen MR) is 245 cm³/mol. The van der Waals surface area contributed by atoms with Crippen molar-refractivity contribution in [2.45, 2.75) is 112 Å². The van der Waals surface area contributed by atoms with Gasteiger partial charge in [0.05, 0.1) is 22.3 Å². The quantitative estimate of drug-likeness (QED) is 0.164. The number of furan rings is 1. The third-order valence-corrected chi connectivity index (χ3v) is 12.5. The number of anilines is 6. The molecule has 7 aromatic rings. The summed E-state index contributed by atoms with van der Waals surface area (Å²) >= 11 is 1.61. The second kappa shape index (κ2) is 12.1. The molecule has 0 N–H and O–H groups in total. The molecule has 5 aromatic carbocycles. The molecule has 4 heterocycles. The Kier molecular flexibility index (Phi) is 6.20. The number of fused-ring (bicyclic) bond motifs is 8. The molecule has 0 radical (unpaired) electrons. The van der Waals surface area contributed by atoms with E-state index in [2.05, 4.69) is 71.9 Å². The van der Waals surface area contributed by atoms with Crippen LogP contribution in [-0.2, 0) is 21.7 Å². The lowest BCUT2D eigenvalue weighted by Gasteiger charge is -2.42. The highest BCUT2D eigenvalue weighted by molar-refractivity contribution is 7.33. The first-order valence-electron chi connectivity index (χ1n) is 23.7. The molecule has 0 aliphatic carbocycles. The lowest BCUT2D eigenvalue weighted by molar-refractivity contribution is 0.590. The van der Waals surface area contributed by atoms with E-state index in [1.54, 1.807) is 11.3 Å². The average molecular weight is 763 g/mol. The van der Waals surface area contributed by atoms with E-state index < -0.39 is 17.5 Å². The molecule has 3 nitrogen and oxygen atoms in total. The van der Waals surface area contributed by atoms with E-state index in [9.17, 15) is 11.0 Å². The molecule has 9 rings (SSSR count). The van der Waals surface area contributed by atoms with E-state index >= 15 is 0 Å². The Morgan fingerprint density at radius 2 is 1.02 bits per heavy atom. The molecule has 0 amide bonds. The van der Waals surface area contributed by atoms with Gasteiger partial charge in [-0.3, -0.25) is 0 Å². The molecule has 0 unspecified atom stereocenters. The van der Waals surface area contributed by atoms with Crippen molar-refractivity contribution in [1.82, 2.24) is 0 Å². The van der Waals surface area contributed by atoms with Crippen LogP contribution in [0, 0.1) is 6.92 Å². The second-order valence-electron chi connectivity index (χ2n) is 19.8. The highest BCUT2D eigenvalue weighted by Gasteiger charge is 2.48. The highest BCUT2D eigenvalue weighted by Crippen LogP contribution is 2.50. The molecule has 0 saturated heterocycles. The highest BCUT2D eigenvalue weighted by atomic mass is 32.1. The van der Waals surface area contributed by atoms with Gasteiger partial charge in [0.1, 0.15) is 11.2 Å². The molecule has 5 heteroatoms. The Balaban J connectivity index is 1.50. The zero-order valence-electron chi connectivity index (χ0n) is 42.9. The smallest absolute Gasteiger partial charge is 0.309 e. The van der Waals surface area contributed by atoms with Gasteiger partial charge >= 0.3 is 6.71 Å². The number of benzene rings is 5. The van der Waals surface area contributed by atoms with Gasteiger partial charge in [0.25, 0.3) is 0 Å². The molecular formula is C51H55BN2OS. The van der Waals surface area contributed by atoms with Crippen molar-refractivity contribution in [3.05, 3.63) is 125 Å². The topological polar surface area (TPSA) is 19.6 Å². The summed E-state index contributed by atoms with van der Waals surface area (Å²) < 4.78 is 85.7. The zero-order chi connectivity index (χ0) is 46.8. The van der Waals surface area contributed by atoms with Gasteiger partial charge in [-0.05, 0) is 122 Å². The summed E-state index contributed by atoms with van der Waals surface area (Å²) in [4.78, 5) is 3.80. The zero-order valence-corrected chi connectivity index (χ0v) is 35.7. The molecule has 0 spiro atoms. The van der Waals surface area contributed by atoms with Crippen LogP contribution in [0.1, 0.15) is 122 Å². The van der Waals surface area contributed by atoms with E-state index in [1.165, 1.54) is 0 Å². The van der Waals surface area contributed by atoms with Gasteiger partial charge in [-0.25, -0.2) is 0 Å². The number of aryl methyl sites for hydroxylation is 1. The van der Waals surface area contributed by atoms with Gasteiger partial charge in [0, 0.05) is 43.0 Å². The lowest BCUT2D eigenvalue weighted by atomic mass is 9.38. The minimum Gasteiger partial charge on any atom is -0.468 e. The Bertz CT molecular complexity index is 2910. The van der Waals surface area contributed by atoms with Crippen LogP contribution in [0.25, 0.3) is 21.1 Å². The van der Waals surface area contributed by atoms with Crippen molar-refractivity contribution in [3.8, 4) is 0 Å². The van der Waals surface area contributed by atoms with Gasteiger partial charge < -0.3 is 14.2 Å². The molecule has 2 aliphatic heterocycles. The summed E-state index contributed by atoms with van der Waals surface area (Å²) in [6, 6.07) is 15.7. The summed E-state index contributed by atoms with van der Waals surface area (Å²) in [5, 5.41) is 1.70. The number of hydrogen-bond acceptors (Lipinski definition) is 4. The molecule has 0 saturated carbocycles. The standard InChI is InChI=1S/C51H55BN2OS/c1-30-26-39-43-40(27-30)54(36-22-16-32(17-23-36)49(5,6)7)45-38-29-34(51(11,12)13)19-25-42(38)56-47(45)52(43)46-44(37-28-33(50(8,9)10)18-24-41(37)55-46)53(39)35-20-14-31(15-21-35)48(2,3)4/h14-29H,1-13H3/i14D,15D,16D,17D,20D,21D,22D,23D. The SMILES string of the molecule is [2H]c1c([2H])c(C(C)(C)C)c([2H])c([2H])c1N1c2cc(C)cc3c2B(c2oc4ccc(C(C)(C)C)cc4c21)c1sc2ccc(C(C)(C)C)cc2c1N3c1c([2H])c([2H])c(C(C)(C)C)c([2H])c1[2H]. The Hall–Kier alpha value is -4.74. The fraction of sp³-hybridized carbons (Fsp3) is 0.333. The monoisotopic (exact) mass is 762 g/mol. The second-order valence-corrected chi connectivity index (χ2v) is 20.9. The van der Waals surface area contributed by atoms with E-state index in [1.807, 2.05) is 76.5 Å². The first-order chi connectivity index (χ1) is 29.5. The first-order valence-corrected chi connectivity index (χ1v) is 20.5. The van der Waals surface area contributed by atoms with E-state index in [0.717, 1.165) is 48.1 Å². The van der Waals surface area contributed by atoms with Gasteiger partial charge in [-0.2, -0.15) is 0 Å². The molecule has 2 aliphatic rings. The molecule has 2 aromatic heterocycles. The first kappa shape index (κ1) is 28.6. The fourth-order valence-electron chi connectivity index (χ4n) is 8.09. The Labute approximate surface area is 349 Å². The van der Waals surface area contributed by atoms with Crippen molar-refractivity contribution in [2.75, 3.05) is 9.80 Å². The number of nitrogens with zero attached hydrogens (tertiary/aromatic N) is 2. The van der Waals surface area contributed by atoms with Crippen molar-refractivity contribution in [1.29, 1.82) is 0 Å². The van der Waals surface area contributed by atoms with Crippen molar-refractivity contribution < 1.29 is 15.4 Å². The van der Waals surface area contributed by atoms with Gasteiger partial charge in [-0.1, -0.05) is 119 Å². The lowest BCUT2D eigenvalue weighted by Crippen LogP contribution is -2.60. The van der Waals surface area contributed by atoms with Crippen LogP contribution in [-0.4, -0.2) is 6.71 Å². The summed E-state index contributed by atoms with van der Waals surface area (Å²) in [7, 11) is 0. The number of hydrogen-bond donors (Lipinski definition) is 0. The van der Waals surface area contributed by atoms with E-state index in [0.29, 0.717) is 39.4 Å². The minimum absolute atomic E-state index is 0.0953. The minimum atomic E-state index is -0.675. The average Bonchev–Trinajstić information content (AvgIpc) is 3.74. The van der Waals surface area contributed by atoms with Crippen molar-refractivity contribution in [2.24, 2.45) is 0 Å². The van der Waals surface area contributed by atoms with Gasteiger partial charge in [0.15, 0.2) is 0 Å². The molecule has 0 fully saturated rings. The molecule has 56 heavy (non-hydrogen) atoms. The Morgan fingerprint density at radius 3 is 1.52 bits per heavy atom. The van der Waals surface area contributed by atoms with Crippen LogP contribution >= 0.6 is 11.3 Å². The van der Waals surface area contributed by atoms with Crippen molar-refractivity contribution in [3.63, 3.8) is 0 Å². The van der Waals surface area contributed by atoms with Crippen LogP contribution < -0.4 is 25.7 Å². The molecule has 0 bridgehead atoms. The summed E-state index contributed by atoms with van der Waals surface area (Å²) in [6.07, 6.45) is 0. The number of rotatable bonds is 2.